The molecule has 0 aliphatic heterocycles. The Kier molecular flexibility index (Phi) is 5.88. The predicted octanol–water partition coefficient (Wildman–Crippen LogP) is 3.03. The number of hydrogen-bond acceptors (Lipinski definition) is 3. The third-order valence-corrected chi connectivity index (χ3v) is 3.54. The Hall–Kier alpha value is -0.410. The Bertz CT molecular complexity index is 270. The lowest BCUT2D eigenvalue weighted by atomic mass is 10.2. The lowest BCUT2D eigenvalue weighted by Gasteiger charge is -2.11. The third-order valence-electron chi connectivity index (χ3n) is 2.50. The molecule has 1 unspecified atom stereocenters. The van der Waals surface area contributed by atoms with Gasteiger partial charge in [0.15, 0.2) is 0 Å². The van der Waals surface area contributed by atoms with Gasteiger partial charge in [-0.2, -0.15) is 0 Å². The fraction of sp³-hybridized carbons (Fsp3) is 0.750. The normalized spacial score (nSPS) is 13.0. The molecular weight excluding hydrogens is 204 g/mol. The molecule has 1 heterocycles. The predicted molar refractivity (Wildman–Crippen MR) is 67.6 cm³/mol. The quantitative estimate of drug-likeness (QED) is 0.773. The molecule has 1 rings (SSSR count). The van der Waals surface area contributed by atoms with Crippen LogP contribution in [-0.2, 0) is 12.8 Å². The van der Waals surface area contributed by atoms with E-state index >= 15 is 0 Å². The molecule has 0 amide bonds. The molecule has 0 radical (unpaired) electrons. The molecule has 1 aromatic heterocycles. The van der Waals surface area contributed by atoms with Crippen molar-refractivity contribution in [2.24, 2.45) is 0 Å². The largest absolute Gasteiger partial charge is 0.314 e. The van der Waals surface area contributed by atoms with Crippen LogP contribution in [0.1, 0.15) is 44.3 Å². The van der Waals surface area contributed by atoms with Gasteiger partial charge in [0.2, 0.25) is 0 Å². The summed E-state index contributed by atoms with van der Waals surface area (Å²) in [6.45, 7) is 7.69. The van der Waals surface area contributed by atoms with Crippen LogP contribution in [0.4, 0.5) is 0 Å². The maximum Gasteiger partial charge on any atom is 0.0925 e. The average Bonchev–Trinajstić information content (AvgIpc) is 2.66. The highest BCUT2D eigenvalue weighted by Crippen LogP contribution is 2.10. The summed E-state index contributed by atoms with van der Waals surface area (Å²) in [5, 5.41) is 6.97. The first kappa shape index (κ1) is 12.7. The summed E-state index contributed by atoms with van der Waals surface area (Å²) in [6, 6.07) is 0.638. The lowest BCUT2D eigenvalue weighted by Crippen LogP contribution is -2.27. The minimum absolute atomic E-state index is 0.638. The van der Waals surface area contributed by atoms with E-state index in [0.29, 0.717) is 6.04 Å². The summed E-state index contributed by atoms with van der Waals surface area (Å²) >= 11 is 1.78. The zero-order valence-corrected chi connectivity index (χ0v) is 10.9. The molecule has 0 aromatic carbocycles. The topological polar surface area (TPSA) is 24.9 Å². The standard InChI is InChI=1S/C12H22N2S/c1-4-6-10(3)13-8-7-11-9-15-12(5-2)14-11/h9-10,13H,4-8H2,1-3H3. The van der Waals surface area contributed by atoms with Crippen molar-refractivity contribution in [1.29, 1.82) is 0 Å². The van der Waals surface area contributed by atoms with Gasteiger partial charge in [-0.3, -0.25) is 0 Å². The molecule has 3 heteroatoms. The molecule has 86 valence electrons. The van der Waals surface area contributed by atoms with E-state index in [4.69, 9.17) is 0 Å². The molecule has 2 nitrogen and oxygen atoms in total. The van der Waals surface area contributed by atoms with Crippen LogP contribution < -0.4 is 5.32 Å². The van der Waals surface area contributed by atoms with E-state index in [9.17, 15) is 0 Å². The van der Waals surface area contributed by atoms with Crippen LogP contribution in [0.5, 0.6) is 0 Å². The van der Waals surface area contributed by atoms with E-state index in [1.807, 2.05) is 0 Å². The Morgan fingerprint density at radius 1 is 1.47 bits per heavy atom. The number of aryl methyl sites for hydroxylation is 1. The van der Waals surface area contributed by atoms with E-state index < -0.39 is 0 Å². The molecule has 1 atom stereocenters. The molecule has 0 spiro atoms. The molecule has 15 heavy (non-hydrogen) atoms. The molecule has 0 saturated carbocycles. The van der Waals surface area contributed by atoms with Crippen LogP contribution in [0, 0.1) is 0 Å². The van der Waals surface area contributed by atoms with E-state index in [1.54, 1.807) is 11.3 Å². The zero-order chi connectivity index (χ0) is 11.1. The number of rotatable bonds is 7. The number of thiazole rings is 1. The first-order valence-corrected chi connectivity index (χ1v) is 6.80. The Labute approximate surface area is 97.1 Å². The summed E-state index contributed by atoms with van der Waals surface area (Å²) in [5.74, 6) is 0. The molecular formula is C12H22N2S. The summed E-state index contributed by atoms with van der Waals surface area (Å²) < 4.78 is 0. The SMILES string of the molecule is CCCC(C)NCCc1csc(CC)n1. The van der Waals surface area contributed by atoms with Gasteiger partial charge in [0.05, 0.1) is 10.7 Å². The Morgan fingerprint density at radius 3 is 2.87 bits per heavy atom. The second kappa shape index (κ2) is 6.96. The van der Waals surface area contributed by atoms with Crippen LogP contribution in [0.3, 0.4) is 0 Å². The first-order valence-electron chi connectivity index (χ1n) is 5.92. The van der Waals surface area contributed by atoms with E-state index in [2.05, 4.69) is 36.5 Å². The molecule has 1 aromatic rings. The monoisotopic (exact) mass is 226 g/mol. The minimum Gasteiger partial charge on any atom is -0.314 e. The fourth-order valence-electron chi connectivity index (χ4n) is 1.61. The minimum atomic E-state index is 0.638. The average molecular weight is 226 g/mol. The van der Waals surface area contributed by atoms with Gasteiger partial charge < -0.3 is 5.32 Å². The second-order valence-corrected chi connectivity index (χ2v) is 4.92. The van der Waals surface area contributed by atoms with E-state index in [1.165, 1.54) is 23.5 Å². The highest BCUT2D eigenvalue weighted by molar-refractivity contribution is 7.09. The van der Waals surface area contributed by atoms with Gasteiger partial charge in [-0.1, -0.05) is 20.3 Å². The van der Waals surface area contributed by atoms with Gasteiger partial charge in [-0.15, -0.1) is 11.3 Å². The van der Waals surface area contributed by atoms with Crippen LogP contribution in [0.25, 0.3) is 0 Å². The van der Waals surface area contributed by atoms with Crippen molar-refractivity contribution < 1.29 is 0 Å². The molecule has 1 N–H and O–H groups in total. The first-order chi connectivity index (χ1) is 7.26. The van der Waals surface area contributed by atoms with Crippen molar-refractivity contribution in [3.05, 3.63) is 16.1 Å². The van der Waals surface area contributed by atoms with Crippen LogP contribution in [0.2, 0.25) is 0 Å². The maximum absolute atomic E-state index is 4.55. The summed E-state index contributed by atoms with van der Waals surface area (Å²) in [6.07, 6.45) is 4.64. The Balaban J connectivity index is 2.19. The van der Waals surface area contributed by atoms with Crippen molar-refractivity contribution in [1.82, 2.24) is 10.3 Å². The summed E-state index contributed by atoms with van der Waals surface area (Å²) in [4.78, 5) is 4.55. The smallest absolute Gasteiger partial charge is 0.0925 e. The van der Waals surface area contributed by atoms with Crippen molar-refractivity contribution >= 4 is 11.3 Å². The van der Waals surface area contributed by atoms with Gasteiger partial charge in [0.25, 0.3) is 0 Å². The molecule has 0 bridgehead atoms. The highest BCUT2D eigenvalue weighted by atomic mass is 32.1. The fourth-order valence-corrected chi connectivity index (χ4v) is 2.39. The van der Waals surface area contributed by atoms with Crippen LogP contribution >= 0.6 is 11.3 Å². The van der Waals surface area contributed by atoms with Gasteiger partial charge in [0, 0.05) is 24.4 Å². The van der Waals surface area contributed by atoms with Crippen molar-refractivity contribution in [3.63, 3.8) is 0 Å². The summed E-state index contributed by atoms with van der Waals surface area (Å²) in [5.41, 5.74) is 1.24. The maximum atomic E-state index is 4.55. The van der Waals surface area contributed by atoms with Gasteiger partial charge >= 0.3 is 0 Å². The van der Waals surface area contributed by atoms with E-state index in [-0.39, 0.29) is 0 Å². The second-order valence-electron chi connectivity index (χ2n) is 3.98. The molecule has 0 saturated heterocycles. The number of nitrogens with zero attached hydrogens (tertiary/aromatic N) is 1. The number of nitrogens with one attached hydrogen (secondary N) is 1. The van der Waals surface area contributed by atoms with Gasteiger partial charge in [0.1, 0.15) is 0 Å². The molecule has 0 fully saturated rings. The van der Waals surface area contributed by atoms with Crippen molar-refractivity contribution in [2.45, 2.75) is 52.5 Å². The van der Waals surface area contributed by atoms with Gasteiger partial charge in [-0.05, 0) is 19.8 Å². The van der Waals surface area contributed by atoms with E-state index in [0.717, 1.165) is 19.4 Å². The lowest BCUT2D eigenvalue weighted by molar-refractivity contribution is 0.510. The molecule has 0 aliphatic carbocycles. The third kappa shape index (κ3) is 4.76. The molecule has 0 aliphatic rings. The highest BCUT2D eigenvalue weighted by Gasteiger charge is 2.02. The zero-order valence-electron chi connectivity index (χ0n) is 10.0. The number of aromatic nitrogens is 1. The Morgan fingerprint density at radius 2 is 2.27 bits per heavy atom. The summed E-state index contributed by atoms with van der Waals surface area (Å²) in [7, 11) is 0. The van der Waals surface area contributed by atoms with Crippen molar-refractivity contribution in [2.75, 3.05) is 6.54 Å². The number of hydrogen-bond donors (Lipinski definition) is 1. The van der Waals surface area contributed by atoms with Crippen LogP contribution in [0.15, 0.2) is 5.38 Å². The van der Waals surface area contributed by atoms with Gasteiger partial charge in [-0.25, -0.2) is 4.98 Å². The van der Waals surface area contributed by atoms with Crippen molar-refractivity contribution in [3.8, 4) is 0 Å². The van der Waals surface area contributed by atoms with Crippen LogP contribution in [-0.4, -0.2) is 17.6 Å².